The summed E-state index contributed by atoms with van der Waals surface area (Å²) < 4.78 is 14.1. The highest BCUT2D eigenvalue weighted by Gasteiger charge is 2.14. The number of pyridine rings is 1. The molecule has 3 aromatic rings. The molecule has 126 valence electrons. The van der Waals surface area contributed by atoms with Crippen molar-refractivity contribution in [2.75, 3.05) is 6.61 Å². The van der Waals surface area contributed by atoms with Crippen molar-refractivity contribution >= 4 is 10.9 Å². The number of hydrogen-bond donors (Lipinski definition) is 3. The second-order valence-electron chi connectivity index (χ2n) is 6.31. The fourth-order valence-corrected chi connectivity index (χ4v) is 2.71. The number of aromatic amines is 1. The maximum Gasteiger partial charge on any atom is 0.146 e. The number of hydrogen-bond acceptors (Lipinski definition) is 3. The lowest BCUT2D eigenvalue weighted by molar-refractivity contribution is 0.209. The van der Waals surface area contributed by atoms with E-state index in [1.165, 1.54) is 6.07 Å². The highest BCUT2D eigenvalue weighted by molar-refractivity contribution is 5.85. The number of aliphatic hydroxyl groups is 1. The molecule has 1 atom stereocenters. The average molecular weight is 327 g/mol. The Kier molecular flexibility index (Phi) is 4.92. The van der Waals surface area contributed by atoms with Crippen LogP contribution in [0.2, 0.25) is 0 Å². The van der Waals surface area contributed by atoms with Crippen LogP contribution >= 0.6 is 0 Å². The molecule has 0 spiro atoms. The smallest absolute Gasteiger partial charge is 0.146 e. The summed E-state index contributed by atoms with van der Waals surface area (Å²) in [6.07, 6.45) is 0. The van der Waals surface area contributed by atoms with Crippen molar-refractivity contribution in [3.05, 3.63) is 54.0 Å². The van der Waals surface area contributed by atoms with Crippen molar-refractivity contribution in [3.63, 3.8) is 0 Å². The van der Waals surface area contributed by atoms with E-state index in [-0.39, 0.29) is 30.9 Å². The van der Waals surface area contributed by atoms with E-state index < -0.39 is 0 Å². The van der Waals surface area contributed by atoms with Crippen LogP contribution < -0.4 is 5.32 Å². The molecule has 0 amide bonds. The first-order valence-corrected chi connectivity index (χ1v) is 8.16. The van der Waals surface area contributed by atoms with Gasteiger partial charge in [0.1, 0.15) is 5.82 Å². The van der Waals surface area contributed by atoms with E-state index in [2.05, 4.69) is 15.3 Å². The van der Waals surface area contributed by atoms with Crippen LogP contribution in [-0.4, -0.2) is 27.7 Å². The molecule has 0 saturated carbocycles. The van der Waals surface area contributed by atoms with Gasteiger partial charge in [0.05, 0.1) is 23.7 Å². The second-order valence-corrected chi connectivity index (χ2v) is 6.31. The molecule has 0 aliphatic rings. The Hall–Kier alpha value is -2.24. The van der Waals surface area contributed by atoms with Crippen LogP contribution in [0.25, 0.3) is 22.3 Å². The Morgan fingerprint density at radius 2 is 2.00 bits per heavy atom. The number of benzene rings is 1. The molecular formula is C19H22FN3O. The number of rotatable bonds is 6. The predicted octanol–water partition coefficient (Wildman–Crippen LogP) is 3.48. The van der Waals surface area contributed by atoms with Crippen molar-refractivity contribution in [2.24, 2.45) is 5.92 Å². The quantitative estimate of drug-likeness (QED) is 0.649. The number of aliphatic hydroxyl groups excluding tert-OH is 1. The fourth-order valence-electron chi connectivity index (χ4n) is 2.71. The van der Waals surface area contributed by atoms with Gasteiger partial charge in [-0.3, -0.25) is 0 Å². The number of fused-ring (bicyclic) bond motifs is 1. The first-order chi connectivity index (χ1) is 11.6. The second kappa shape index (κ2) is 7.11. The lowest BCUT2D eigenvalue weighted by atomic mass is 10.1. The largest absolute Gasteiger partial charge is 0.395 e. The van der Waals surface area contributed by atoms with Crippen LogP contribution in [0, 0.1) is 11.7 Å². The molecule has 3 rings (SSSR count). The zero-order valence-corrected chi connectivity index (χ0v) is 13.9. The zero-order chi connectivity index (χ0) is 17.1. The molecule has 0 aliphatic carbocycles. The van der Waals surface area contributed by atoms with Gasteiger partial charge in [-0.15, -0.1) is 0 Å². The third kappa shape index (κ3) is 3.47. The third-order valence-corrected chi connectivity index (χ3v) is 4.26. The topological polar surface area (TPSA) is 60.9 Å². The number of nitrogens with zero attached hydrogens (tertiary/aromatic N) is 1. The number of para-hydroxylation sites is 1. The molecular weight excluding hydrogens is 305 g/mol. The van der Waals surface area contributed by atoms with Gasteiger partial charge in [0.15, 0.2) is 0 Å². The molecule has 0 unspecified atom stereocenters. The Morgan fingerprint density at radius 3 is 2.71 bits per heavy atom. The minimum Gasteiger partial charge on any atom is -0.395 e. The summed E-state index contributed by atoms with van der Waals surface area (Å²) in [6, 6.07) is 13.0. The number of nitrogens with one attached hydrogen (secondary N) is 2. The normalized spacial score (nSPS) is 12.9. The van der Waals surface area contributed by atoms with E-state index in [9.17, 15) is 9.50 Å². The van der Waals surface area contributed by atoms with Crippen LogP contribution in [-0.2, 0) is 6.54 Å². The van der Waals surface area contributed by atoms with E-state index >= 15 is 0 Å². The predicted molar refractivity (Wildman–Crippen MR) is 94.0 cm³/mol. The molecule has 2 aromatic heterocycles. The van der Waals surface area contributed by atoms with Crippen molar-refractivity contribution in [2.45, 2.75) is 26.4 Å². The Labute approximate surface area is 140 Å². The summed E-state index contributed by atoms with van der Waals surface area (Å²) in [5.41, 5.74) is 2.94. The van der Waals surface area contributed by atoms with E-state index in [1.54, 1.807) is 6.07 Å². The van der Waals surface area contributed by atoms with Gasteiger partial charge in [-0.25, -0.2) is 9.37 Å². The standard InChI is InChI=1S/C19H22FN3O/c1-12(2)19(11-24)21-10-18-14(20)7-8-16(23-18)17-9-13-5-3-4-6-15(13)22-17/h3-9,12,19,21-22,24H,10-11H2,1-2H3/t19-/m0/s1. The lowest BCUT2D eigenvalue weighted by Gasteiger charge is -2.19. The van der Waals surface area contributed by atoms with Crippen molar-refractivity contribution in [1.29, 1.82) is 0 Å². The van der Waals surface area contributed by atoms with E-state index in [0.717, 1.165) is 16.6 Å². The van der Waals surface area contributed by atoms with Gasteiger partial charge < -0.3 is 15.4 Å². The number of halogens is 1. The van der Waals surface area contributed by atoms with Gasteiger partial charge in [-0.2, -0.15) is 0 Å². The van der Waals surface area contributed by atoms with Crippen molar-refractivity contribution in [1.82, 2.24) is 15.3 Å². The Balaban J connectivity index is 1.85. The van der Waals surface area contributed by atoms with E-state index in [0.29, 0.717) is 11.4 Å². The van der Waals surface area contributed by atoms with E-state index in [4.69, 9.17) is 0 Å². The van der Waals surface area contributed by atoms with Gasteiger partial charge in [0.2, 0.25) is 0 Å². The van der Waals surface area contributed by atoms with Gasteiger partial charge in [-0.1, -0.05) is 32.0 Å². The van der Waals surface area contributed by atoms with Crippen LogP contribution in [0.5, 0.6) is 0 Å². The monoisotopic (exact) mass is 327 g/mol. The zero-order valence-electron chi connectivity index (χ0n) is 13.9. The van der Waals surface area contributed by atoms with E-state index in [1.807, 2.05) is 44.2 Å². The van der Waals surface area contributed by atoms with Crippen molar-refractivity contribution < 1.29 is 9.50 Å². The molecule has 24 heavy (non-hydrogen) atoms. The third-order valence-electron chi connectivity index (χ3n) is 4.26. The van der Waals surface area contributed by atoms with Crippen LogP contribution in [0.1, 0.15) is 19.5 Å². The molecule has 0 fully saturated rings. The number of aromatic nitrogens is 2. The highest BCUT2D eigenvalue weighted by Crippen LogP contribution is 2.23. The SMILES string of the molecule is CC(C)[C@H](CO)NCc1nc(-c2cc3ccccc3[nH]2)ccc1F. The summed E-state index contributed by atoms with van der Waals surface area (Å²) in [6.45, 7) is 4.32. The molecule has 5 heteroatoms. The van der Waals surface area contributed by atoms with Crippen LogP contribution in [0.3, 0.4) is 0 Å². The average Bonchev–Trinajstić information content (AvgIpc) is 3.00. The summed E-state index contributed by atoms with van der Waals surface area (Å²) >= 11 is 0. The molecule has 0 radical (unpaired) electrons. The van der Waals surface area contributed by atoms with Gasteiger partial charge in [0.25, 0.3) is 0 Å². The fraction of sp³-hybridized carbons (Fsp3) is 0.316. The Bertz CT molecular complexity index is 795. The molecule has 0 bridgehead atoms. The minimum absolute atomic E-state index is 0.0149. The van der Waals surface area contributed by atoms with Gasteiger partial charge in [-0.05, 0) is 30.2 Å². The Morgan fingerprint density at radius 1 is 1.21 bits per heavy atom. The van der Waals surface area contributed by atoms with Crippen LogP contribution in [0.4, 0.5) is 4.39 Å². The first-order valence-electron chi connectivity index (χ1n) is 8.16. The molecule has 2 heterocycles. The minimum atomic E-state index is -0.345. The molecule has 4 nitrogen and oxygen atoms in total. The maximum atomic E-state index is 14.1. The van der Waals surface area contributed by atoms with Crippen molar-refractivity contribution in [3.8, 4) is 11.4 Å². The lowest BCUT2D eigenvalue weighted by Crippen LogP contribution is -2.36. The maximum absolute atomic E-state index is 14.1. The molecule has 1 aromatic carbocycles. The van der Waals surface area contributed by atoms with Gasteiger partial charge >= 0.3 is 0 Å². The number of H-pyrrole nitrogens is 1. The summed E-state index contributed by atoms with van der Waals surface area (Å²) in [5, 5.41) is 13.6. The first kappa shape index (κ1) is 16.6. The molecule has 0 saturated heterocycles. The van der Waals surface area contributed by atoms with Crippen LogP contribution in [0.15, 0.2) is 42.5 Å². The highest BCUT2D eigenvalue weighted by atomic mass is 19.1. The summed E-state index contributed by atoms with van der Waals surface area (Å²) in [4.78, 5) is 7.76. The summed E-state index contributed by atoms with van der Waals surface area (Å²) in [7, 11) is 0. The van der Waals surface area contributed by atoms with Gasteiger partial charge in [0, 0.05) is 23.5 Å². The summed E-state index contributed by atoms with van der Waals surface area (Å²) in [5.74, 6) is -0.0854. The molecule has 0 aliphatic heterocycles. The molecule has 3 N–H and O–H groups in total.